The van der Waals surface area contributed by atoms with Crippen LogP contribution in [0.3, 0.4) is 0 Å². The summed E-state index contributed by atoms with van der Waals surface area (Å²) in [6.07, 6.45) is -0.105. The summed E-state index contributed by atoms with van der Waals surface area (Å²) in [5.41, 5.74) is 3.41. The molecule has 0 unspecified atom stereocenters. The molecule has 0 spiro atoms. The highest BCUT2D eigenvalue weighted by Crippen LogP contribution is 2.28. The van der Waals surface area contributed by atoms with Crippen molar-refractivity contribution in [1.29, 1.82) is 0 Å². The average molecular weight is 448 g/mol. The quantitative estimate of drug-likeness (QED) is 0.341. The molecule has 6 heteroatoms. The highest BCUT2D eigenvalue weighted by molar-refractivity contribution is 7.99. The third kappa shape index (κ3) is 7.39. The average Bonchev–Trinajstić information content (AvgIpc) is 2.79. The first-order valence-electron chi connectivity index (χ1n) is 10.3. The van der Waals surface area contributed by atoms with E-state index in [1.165, 1.54) is 5.56 Å². The predicted molar refractivity (Wildman–Crippen MR) is 126 cm³/mol. The summed E-state index contributed by atoms with van der Waals surface area (Å²) >= 11 is 1.64. The van der Waals surface area contributed by atoms with Gasteiger partial charge in [0, 0.05) is 27.5 Å². The number of nitrogens with one attached hydrogen (secondary N) is 1. The Morgan fingerprint density at radius 2 is 1.28 bits per heavy atom. The van der Waals surface area contributed by atoms with Gasteiger partial charge < -0.3 is 10.1 Å². The molecule has 164 valence electrons. The molecule has 0 aromatic heterocycles. The molecule has 1 amide bonds. The van der Waals surface area contributed by atoms with Gasteiger partial charge in [-0.2, -0.15) is 0 Å². The minimum atomic E-state index is -0.578. The Labute approximate surface area is 192 Å². The molecule has 0 aliphatic carbocycles. The van der Waals surface area contributed by atoms with E-state index in [1.54, 1.807) is 23.9 Å². The third-order valence-corrected chi connectivity index (χ3v) is 5.70. The van der Waals surface area contributed by atoms with Crippen molar-refractivity contribution in [2.24, 2.45) is 0 Å². The minimum Gasteiger partial charge on any atom is -0.457 e. The number of anilines is 1. The highest BCUT2D eigenvalue weighted by Gasteiger charge is 2.12. The number of ether oxygens (including phenoxy) is 1. The minimum absolute atomic E-state index is 0.0164. The molecule has 0 saturated heterocycles. The number of hydrogen-bond donors (Lipinski definition) is 1. The van der Waals surface area contributed by atoms with E-state index in [1.807, 2.05) is 43.3 Å². The van der Waals surface area contributed by atoms with E-state index in [0.29, 0.717) is 11.3 Å². The first kappa shape index (κ1) is 23.3. The van der Waals surface area contributed by atoms with E-state index in [9.17, 15) is 14.4 Å². The number of benzene rings is 3. The summed E-state index contributed by atoms with van der Waals surface area (Å²) in [7, 11) is 0. The number of carbonyl (C=O) groups excluding carboxylic acids is 3. The molecule has 0 fully saturated rings. The van der Waals surface area contributed by atoms with E-state index in [4.69, 9.17) is 4.74 Å². The van der Waals surface area contributed by atoms with Crippen LogP contribution in [-0.4, -0.2) is 24.3 Å². The fourth-order valence-corrected chi connectivity index (χ4v) is 3.65. The number of hydrogen-bond acceptors (Lipinski definition) is 5. The Morgan fingerprint density at radius 3 is 1.88 bits per heavy atom. The van der Waals surface area contributed by atoms with Gasteiger partial charge in [0.15, 0.2) is 12.4 Å². The Hall–Kier alpha value is -3.38. The van der Waals surface area contributed by atoms with Gasteiger partial charge in [-0.3, -0.25) is 14.4 Å². The van der Waals surface area contributed by atoms with E-state index >= 15 is 0 Å². The second-order valence-corrected chi connectivity index (χ2v) is 8.58. The SMILES string of the molecule is Cc1ccc(Sc2ccc(NC(=O)CCC(=O)OCC(=O)c3ccc(C)cc3)cc2)cc1. The fourth-order valence-electron chi connectivity index (χ4n) is 2.83. The maximum absolute atomic E-state index is 12.1. The van der Waals surface area contributed by atoms with Crippen LogP contribution >= 0.6 is 11.8 Å². The van der Waals surface area contributed by atoms with Crippen LogP contribution in [-0.2, 0) is 14.3 Å². The van der Waals surface area contributed by atoms with E-state index in [-0.39, 0.29) is 31.1 Å². The van der Waals surface area contributed by atoms with Crippen molar-refractivity contribution in [3.05, 3.63) is 89.5 Å². The second kappa shape index (κ2) is 11.3. The lowest BCUT2D eigenvalue weighted by atomic mass is 10.1. The zero-order valence-corrected chi connectivity index (χ0v) is 18.9. The van der Waals surface area contributed by atoms with Crippen molar-refractivity contribution < 1.29 is 19.1 Å². The summed E-state index contributed by atoms with van der Waals surface area (Å²) in [5, 5.41) is 2.77. The van der Waals surface area contributed by atoms with Gasteiger partial charge in [0.05, 0.1) is 6.42 Å². The number of carbonyl (C=O) groups is 3. The molecule has 3 aromatic carbocycles. The zero-order chi connectivity index (χ0) is 22.9. The van der Waals surface area contributed by atoms with Gasteiger partial charge in [0.2, 0.25) is 5.91 Å². The maximum atomic E-state index is 12.1. The third-order valence-electron chi connectivity index (χ3n) is 4.69. The van der Waals surface area contributed by atoms with Gasteiger partial charge in [-0.15, -0.1) is 0 Å². The number of Topliss-reactive ketones (excluding diaryl/α,β-unsaturated/α-hetero) is 1. The van der Waals surface area contributed by atoms with Crippen molar-refractivity contribution >= 4 is 35.1 Å². The molecule has 0 aliphatic heterocycles. The summed E-state index contributed by atoms with van der Waals surface area (Å²) in [5.74, 6) is -1.14. The van der Waals surface area contributed by atoms with Gasteiger partial charge in [-0.1, -0.05) is 59.3 Å². The van der Waals surface area contributed by atoms with Crippen LogP contribution in [0.4, 0.5) is 5.69 Å². The number of ketones is 1. The lowest BCUT2D eigenvalue weighted by Crippen LogP contribution is -2.17. The van der Waals surface area contributed by atoms with Gasteiger partial charge in [0.25, 0.3) is 0 Å². The summed E-state index contributed by atoms with van der Waals surface area (Å²) in [6.45, 7) is 3.65. The van der Waals surface area contributed by atoms with Crippen LogP contribution in [0.25, 0.3) is 0 Å². The van der Waals surface area contributed by atoms with E-state index in [2.05, 4.69) is 36.5 Å². The summed E-state index contributed by atoms with van der Waals surface area (Å²) < 4.78 is 5.00. The Morgan fingerprint density at radius 1 is 0.750 bits per heavy atom. The van der Waals surface area contributed by atoms with Crippen molar-refractivity contribution in [2.75, 3.05) is 11.9 Å². The highest BCUT2D eigenvalue weighted by atomic mass is 32.2. The topological polar surface area (TPSA) is 72.5 Å². The molecule has 0 atom stereocenters. The number of amides is 1. The van der Waals surface area contributed by atoms with Crippen molar-refractivity contribution in [1.82, 2.24) is 0 Å². The molecule has 3 rings (SSSR count). The Bertz CT molecular complexity index is 1070. The Kier molecular flexibility index (Phi) is 8.22. The van der Waals surface area contributed by atoms with Crippen LogP contribution in [0.1, 0.15) is 34.3 Å². The van der Waals surface area contributed by atoms with Crippen LogP contribution in [0, 0.1) is 13.8 Å². The predicted octanol–water partition coefficient (Wildman–Crippen LogP) is 5.60. The van der Waals surface area contributed by atoms with Crippen molar-refractivity contribution in [3.63, 3.8) is 0 Å². The molecule has 32 heavy (non-hydrogen) atoms. The smallest absolute Gasteiger partial charge is 0.306 e. The molecule has 5 nitrogen and oxygen atoms in total. The van der Waals surface area contributed by atoms with Gasteiger partial charge in [-0.25, -0.2) is 0 Å². The molecule has 0 aliphatic rings. The molecule has 0 saturated carbocycles. The molecule has 0 radical (unpaired) electrons. The second-order valence-electron chi connectivity index (χ2n) is 7.44. The van der Waals surface area contributed by atoms with E-state index in [0.717, 1.165) is 15.4 Å². The lowest BCUT2D eigenvalue weighted by Gasteiger charge is -2.07. The normalized spacial score (nSPS) is 10.4. The van der Waals surface area contributed by atoms with Crippen LogP contribution < -0.4 is 5.32 Å². The number of aryl methyl sites for hydroxylation is 2. The first-order chi connectivity index (χ1) is 15.4. The number of rotatable bonds is 9. The summed E-state index contributed by atoms with van der Waals surface area (Å²) in [6, 6.07) is 22.9. The molecular weight excluding hydrogens is 422 g/mol. The van der Waals surface area contributed by atoms with Gasteiger partial charge in [-0.05, 0) is 50.2 Å². The molecule has 0 heterocycles. The molecular formula is C26H25NO4S. The lowest BCUT2D eigenvalue weighted by molar-refractivity contribution is -0.143. The van der Waals surface area contributed by atoms with Gasteiger partial charge in [0.1, 0.15) is 0 Å². The number of esters is 1. The fraction of sp³-hybridized carbons (Fsp3) is 0.192. The van der Waals surface area contributed by atoms with Gasteiger partial charge >= 0.3 is 5.97 Å². The summed E-state index contributed by atoms with van der Waals surface area (Å²) in [4.78, 5) is 38.2. The molecule has 0 bridgehead atoms. The van der Waals surface area contributed by atoms with Crippen molar-refractivity contribution in [2.45, 2.75) is 36.5 Å². The molecule has 3 aromatic rings. The standard InChI is InChI=1S/C26H25NO4S/c1-18-3-7-20(8-4-18)24(28)17-31-26(30)16-15-25(29)27-21-9-13-23(14-10-21)32-22-11-5-19(2)6-12-22/h3-14H,15-17H2,1-2H3,(H,27,29). The van der Waals surface area contributed by atoms with Crippen LogP contribution in [0.5, 0.6) is 0 Å². The monoisotopic (exact) mass is 447 g/mol. The van der Waals surface area contributed by atoms with Crippen LogP contribution in [0.2, 0.25) is 0 Å². The Balaban J connectivity index is 1.39. The van der Waals surface area contributed by atoms with Crippen LogP contribution in [0.15, 0.2) is 82.6 Å². The maximum Gasteiger partial charge on any atom is 0.306 e. The zero-order valence-electron chi connectivity index (χ0n) is 18.1. The first-order valence-corrected chi connectivity index (χ1v) is 11.1. The van der Waals surface area contributed by atoms with Crippen molar-refractivity contribution in [3.8, 4) is 0 Å². The largest absolute Gasteiger partial charge is 0.457 e. The molecule has 1 N–H and O–H groups in total. The van der Waals surface area contributed by atoms with E-state index < -0.39 is 5.97 Å².